The Morgan fingerprint density at radius 3 is 2.35 bits per heavy atom. The molecule has 5 nitrogen and oxygen atoms in total. The van der Waals surface area contributed by atoms with Crippen LogP contribution in [0.2, 0.25) is 0 Å². The van der Waals surface area contributed by atoms with Crippen LogP contribution in [0.5, 0.6) is 0 Å². The van der Waals surface area contributed by atoms with Gasteiger partial charge in [0.15, 0.2) is 0 Å². The van der Waals surface area contributed by atoms with Crippen molar-refractivity contribution < 1.29 is 17.9 Å². The van der Waals surface area contributed by atoms with Crippen LogP contribution in [0, 0.1) is 5.41 Å². The van der Waals surface area contributed by atoms with Gasteiger partial charge in [0, 0.05) is 0 Å². The van der Waals surface area contributed by atoms with Crippen LogP contribution in [0.1, 0.15) is 6.92 Å². The number of hydrogen-bond acceptors (Lipinski definition) is 4. The summed E-state index contributed by atoms with van der Waals surface area (Å²) in [5.41, 5.74) is -0.734. The zero-order valence-electron chi connectivity index (χ0n) is 9.34. The zero-order valence-corrected chi connectivity index (χ0v) is 10.2. The van der Waals surface area contributed by atoms with E-state index in [2.05, 4.69) is 4.72 Å². The first-order chi connectivity index (χ1) is 7.94. The summed E-state index contributed by atoms with van der Waals surface area (Å²) in [6, 6.07) is 7.80. The molecule has 1 heterocycles. The summed E-state index contributed by atoms with van der Waals surface area (Å²) in [4.78, 5) is 11.8. The van der Waals surface area contributed by atoms with Crippen molar-refractivity contribution in [2.45, 2.75) is 11.8 Å². The average Bonchev–Trinajstić information content (AvgIpc) is 2.26. The molecule has 92 valence electrons. The Kier molecular flexibility index (Phi) is 2.92. The highest BCUT2D eigenvalue weighted by Crippen LogP contribution is 2.27. The zero-order chi connectivity index (χ0) is 12.5. The van der Waals surface area contributed by atoms with E-state index < -0.39 is 21.3 Å². The van der Waals surface area contributed by atoms with E-state index in [1.54, 1.807) is 25.1 Å². The predicted molar refractivity (Wildman–Crippen MR) is 60.7 cm³/mol. The molecule has 0 aliphatic carbocycles. The van der Waals surface area contributed by atoms with Crippen LogP contribution >= 0.6 is 0 Å². The molecule has 0 aromatic heterocycles. The lowest BCUT2D eigenvalue weighted by Crippen LogP contribution is -2.53. The maximum Gasteiger partial charge on any atom is 0.264 e. The predicted octanol–water partition coefficient (Wildman–Crippen LogP) is 0.528. The molecule has 1 aromatic carbocycles. The summed E-state index contributed by atoms with van der Waals surface area (Å²) < 4.78 is 30.7. The molecule has 2 rings (SSSR count). The smallest absolute Gasteiger partial charge is 0.264 e. The van der Waals surface area contributed by atoms with Gasteiger partial charge in [-0.05, 0) is 19.1 Å². The highest BCUT2D eigenvalue weighted by Gasteiger charge is 2.42. The quantitative estimate of drug-likeness (QED) is 0.855. The molecule has 1 aromatic rings. The van der Waals surface area contributed by atoms with Crippen LogP contribution in [0.3, 0.4) is 0 Å². The van der Waals surface area contributed by atoms with Gasteiger partial charge in [0.2, 0.25) is 5.91 Å². The molecule has 0 saturated carbocycles. The first kappa shape index (κ1) is 12.1. The van der Waals surface area contributed by atoms with Crippen LogP contribution in [0.15, 0.2) is 35.2 Å². The number of ether oxygens (including phenoxy) is 1. The molecule has 6 heteroatoms. The third-order valence-electron chi connectivity index (χ3n) is 2.67. The third kappa shape index (κ3) is 2.32. The number of rotatable bonds is 3. The summed E-state index contributed by atoms with van der Waals surface area (Å²) >= 11 is 0. The van der Waals surface area contributed by atoms with Crippen molar-refractivity contribution in [3.63, 3.8) is 0 Å². The van der Waals surface area contributed by atoms with E-state index in [9.17, 15) is 13.2 Å². The Hall–Kier alpha value is -1.40. The summed E-state index contributed by atoms with van der Waals surface area (Å²) in [7, 11) is -3.77. The second kappa shape index (κ2) is 4.12. The van der Waals surface area contributed by atoms with E-state index >= 15 is 0 Å². The van der Waals surface area contributed by atoms with Crippen LogP contribution in [-0.4, -0.2) is 27.5 Å². The summed E-state index contributed by atoms with van der Waals surface area (Å²) in [5.74, 6) is -0.521. The van der Waals surface area contributed by atoms with Gasteiger partial charge >= 0.3 is 0 Å². The van der Waals surface area contributed by atoms with Gasteiger partial charge in [-0.3, -0.25) is 4.79 Å². The number of sulfonamides is 1. The molecule has 0 spiro atoms. The van der Waals surface area contributed by atoms with Gasteiger partial charge in [-0.25, -0.2) is 13.1 Å². The monoisotopic (exact) mass is 255 g/mol. The van der Waals surface area contributed by atoms with Gasteiger partial charge in [0.1, 0.15) is 0 Å². The summed E-state index contributed by atoms with van der Waals surface area (Å²) in [5, 5.41) is 0. The number of carbonyl (C=O) groups is 1. The number of hydrogen-bond donors (Lipinski definition) is 1. The van der Waals surface area contributed by atoms with Crippen molar-refractivity contribution in [3.8, 4) is 0 Å². The minimum atomic E-state index is -3.77. The Morgan fingerprint density at radius 1 is 1.29 bits per heavy atom. The highest BCUT2D eigenvalue weighted by molar-refractivity contribution is 7.90. The Labute approximate surface area is 99.8 Å². The van der Waals surface area contributed by atoms with Gasteiger partial charge in [0.25, 0.3) is 10.0 Å². The van der Waals surface area contributed by atoms with Crippen molar-refractivity contribution in [2.24, 2.45) is 5.41 Å². The molecular weight excluding hydrogens is 242 g/mol. The van der Waals surface area contributed by atoms with E-state index in [4.69, 9.17) is 4.74 Å². The van der Waals surface area contributed by atoms with Crippen LogP contribution in [-0.2, 0) is 19.6 Å². The first-order valence-electron chi connectivity index (χ1n) is 5.14. The van der Waals surface area contributed by atoms with Gasteiger partial charge in [-0.1, -0.05) is 18.2 Å². The number of carbonyl (C=O) groups excluding carboxylic acids is 1. The summed E-state index contributed by atoms with van der Waals surface area (Å²) in [6.45, 7) is 2.18. The topological polar surface area (TPSA) is 72.5 Å². The number of amides is 1. The second-order valence-electron chi connectivity index (χ2n) is 4.30. The van der Waals surface area contributed by atoms with Gasteiger partial charge in [-0.2, -0.15) is 0 Å². The molecule has 0 radical (unpaired) electrons. The van der Waals surface area contributed by atoms with E-state index in [0.29, 0.717) is 0 Å². The van der Waals surface area contributed by atoms with E-state index in [1.807, 2.05) is 0 Å². The molecule has 1 fully saturated rings. The molecular formula is C11H13NO4S. The third-order valence-corrected chi connectivity index (χ3v) is 4.02. The molecule has 1 N–H and O–H groups in total. The largest absolute Gasteiger partial charge is 0.379 e. The van der Waals surface area contributed by atoms with Gasteiger partial charge in [-0.15, -0.1) is 0 Å². The standard InChI is InChI=1S/C11H13NO4S/c1-11(7-16-8-11)10(13)12-17(14,15)9-5-3-2-4-6-9/h2-6H,7-8H2,1H3,(H,12,13). The molecule has 17 heavy (non-hydrogen) atoms. The fourth-order valence-corrected chi connectivity index (χ4v) is 2.57. The molecule has 1 aliphatic rings. The van der Waals surface area contributed by atoms with E-state index in [1.165, 1.54) is 12.1 Å². The molecule has 1 amide bonds. The lowest BCUT2D eigenvalue weighted by Gasteiger charge is -2.35. The minimum Gasteiger partial charge on any atom is -0.379 e. The maximum atomic E-state index is 11.9. The fraction of sp³-hybridized carbons (Fsp3) is 0.364. The lowest BCUT2D eigenvalue weighted by atomic mass is 9.88. The second-order valence-corrected chi connectivity index (χ2v) is 5.98. The fourth-order valence-electron chi connectivity index (χ4n) is 1.44. The van der Waals surface area contributed by atoms with Crippen LogP contribution in [0.25, 0.3) is 0 Å². The normalized spacial score (nSPS) is 18.2. The molecule has 0 atom stereocenters. The van der Waals surface area contributed by atoms with Gasteiger partial charge < -0.3 is 4.74 Å². The summed E-state index contributed by atoms with van der Waals surface area (Å²) in [6.07, 6.45) is 0. The van der Waals surface area contributed by atoms with Gasteiger partial charge in [0.05, 0.1) is 23.5 Å². The molecule has 0 bridgehead atoms. The van der Waals surface area contributed by atoms with Crippen molar-refractivity contribution in [2.75, 3.05) is 13.2 Å². The molecule has 1 saturated heterocycles. The van der Waals surface area contributed by atoms with E-state index in [-0.39, 0.29) is 18.1 Å². The Bertz CT molecular complexity index is 520. The average molecular weight is 255 g/mol. The molecule has 1 aliphatic heterocycles. The van der Waals surface area contributed by atoms with Crippen LogP contribution in [0.4, 0.5) is 0 Å². The lowest BCUT2D eigenvalue weighted by molar-refractivity contribution is -0.155. The molecule has 0 unspecified atom stereocenters. The maximum absolute atomic E-state index is 11.9. The highest BCUT2D eigenvalue weighted by atomic mass is 32.2. The minimum absolute atomic E-state index is 0.0807. The van der Waals surface area contributed by atoms with Crippen molar-refractivity contribution in [1.29, 1.82) is 0 Å². The van der Waals surface area contributed by atoms with Crippen LogP contribution < -0.4 is 4.72 Å². The first-order valence-corrected chi connectivity index (χ1v) is 6.62. The number of nitrogens with one attached hydrogen (secondary N) is 1. The number of benzene rings is 1. The Balaban J connectivity index is 2.16. The Morgan fingerprint density at radius 2 is 1.88 bits per heavy atom. The SMILES string of the molecule is CC1(C(=O)NS(=O)(=O)c2ccccc2)COC1. The van der Waals surface area contributed by atoms with E-state index in [0.717, 1.165) is 0 Å². The van der Waals surface area contributed by atoms with Crippen molar-refractivity contribution >= 4 is 15.9 Å². The van der Waals surface area contributed by atoms with Crippen molar-refractivity contribution in [3.05, 3.63) is 30.3 Å². The van der Waals surface area contributed by atoms with Crippen molar-refractivity contribution in [1.82, 2.24) is 4.72 Å².